The van der Waals surface area contributed by atoms with Crippen LogP contribution in [-0.4, -0.2) is 4.98 Å². The van der Waals surface area contributed by atoms with Crippen LogP contribution in [0.2, 0.25) is 0 Å². The van der Waals surface area contributed by atoms with Gasteiger partial charge < -0.3 is 5.32 Å². The van der Waals surface area contributed by atoms with Gasteiger partial charge in [-0.3, -0.25) is 0 Å². The molecule has 0 spiro atoms. The van der Waals surface area contributed by atoms with E-state index in [0.29, 0.717) is 5.92 Å². The average Bonchev–Trinajstić information content (AvgIpc) is 2.76. The zero-order valence-corrected chi connectivity index (χ0v) is 10.3. The van der Waals surface area contributed by atoms with Gasteiger partial charge in [-0.2, -0.15) is 0 Å². The number of nitrogens with zero attached hydrogens (tertiary/aromatic N) is 1. The average molecular weight is 230 g/mol. The maximum Gasteiger partial charge on any atom is 0.0882 e. The molecule has 2 nitrogen and oxygen atoms in total. The Morgan fingerprint density at radius 2 is 2.25 bits per heavy atom. The molecule has 1 N–H and O–H groups in total. The fraction of sp³-hybridized carbons (Fsp3) is 0.308. The summed E-state index contributed by atoms with van der Waals surface area (Å²) < 4.78 is 0. The van der Waals surface area contributed by atoms with Crippen LogP contribution in [-0.2, 0) is 6.54 Å². The Morgan fingerprint density at radius 1 is 1.38 bits per heavy atom. The summed E-state index contributed by atoms with van der Waals surface area (Å²) in [5.41, 5.74) is 6.95. The number of hydrogen-bond acceptors (Lipinski definition) is 3. The van der Waals surface area contributed by atoms with Crippen molar-refractivity contribution in [1.82, 2.24) is 4.98 Å². The van der Waals surface area contributed by atoms with Crippen molar-refractivity contribution in [2.75, 3.05) is 5.32 Å². The predicted octanol–water partition coefficient (Wildman–Crippen LogP) is 3.86. The summed E-state index contributed by atoms with van der Waals surface area (Å²) in [4.78, 5) is 5.82. The van der Waals surface area contributed by atoms with Crippen molar-refractivity contribution in [1.29, 1.82) is 0 Å². The lowest BCUT2D eigenvalue weighted by Gasteiger charge is -2.19. The van der Waals surface area contributed by atoms with Crippen molar-refractivity contribution >= 4 is 17.0 Å². The van der Waals surface area contributed by atoms with Crippen LogP contribution in [0, 0.1) is 0 Å². The van der Waals surface area contributed by atoms with Crippen LogP contribution in [0.3, 0.4) is 0 Å². The van der Waals surface area contributed by atoms with Gasteiger partial charge in [0.15, 0.2) is 0 Å². The Balaban J connectivity index is 2.18. The third-order valence-electron chi connectivity index (χ3n) is 3.05. The molecule has 0 unspecified atom stereocenters. The summed E-state index contributed by atoms with van der Waals surface area (Å²) in [6.07, 6.45) is 0. The summed E-state index contributed by atoms with van der Waals surface area (Å²) in [6, 6.07) is 6.64. The molecule has 0 atom stereocenters. The van der Waals surface area contributed by atoms with E-state index >= 15 is 0 Å². The summed E-state index contributed by atoms with van der Waals surface area (Å²) in [7, 11) is 0. The van der Waals surface area contributed by atoms with E-state index in [2.05, 4.69) is 42.3 Å². The van der Waals surface area contributed by atoms with E-state index in [9.17, 15) is 0 Å². The number of rotatable bonds is 1. The van der Waals surface area contributed by atoms with Crippen LogP contribution in [0.25, 0.3) is 11.3 Å². The van der Waals surface area contributed by atoms with Gasteiger partial charge in [0.25, 0.3) is 0 Å². The van der Waals surface area contributed by atoms with E-state index in [0.717, 1.165) is 6.54 Å². The number of anilines is 1. The van der Waals surface area contributed by atoms with Crippen molar-refractivity contribution in [2.24, 2.45) is 0 Å². The molecule has 1 aliphatic heterocycles. The topological polar surface area (TPSA) is 24.9 Å². The van der Waals surface area contributed by atoms with Crippen molar-refractivity contribution in [2.45, 2.75) is 26.3 Å². The maximum absolute atomic E-state index is 4.48. The first-order chi connectivity index (χ1) is 7.75. The zero-order chi connectivity index (χ0) is 11.1. The molecule has 0 saturated carbocycles. The van der Waals surface area contributed by atoms with Crippen LogP contribution < -0.4 is 5.32 Å². The van der Waals surface area contributed by atoms with Crippen LogP contribution >= 0.6 is 11.3 Å². The Kier molecular flexibility index (Phi) is 2.21. The minimum Gasteiger partial charge on any atom is -0.380 e. The first-order valence-corrected chi connectivity index (χ1v) is 6.44. The molecule has 1 aromatic heterocycles. The highest BCUT2D eigenvalue weighted by molar-refractivity contribution is 7.10. The van der Waals surface area contributed by atoms with E-state index in [-0.39, 0.29) is 0 Å². The van der Waals surface area contributed by atoms with Gasteiger partial charge in [-0.25, -0.2) is 4.98 Å². The van der Waals surface area contributed by atoms with Crippen LogP contribution in [0.5, 0.6) is 0 Å². The summed E-state index contributed by atoms with van der Waals surface area (Å²) in [6.45, 7) is 5.36. The first-order valence-electron chi connectivity index (χ1n) is 5.56. The monoisotopic (exact) mass is 230 g/mol. The van der Waals surface area contributed by atoms with Gasteiger partial charge in [-0.1, -0.05) is 19.9 Å². The highest BCUT2D eigenvalue weighted by Crippen LogP contribution is 2.37. The van der Waals surface area contributed by atoms with Gasteiger partial charge >= 0.3 is 0 Å². The lowest BCUT2D eigenvalue weighted by atomic mass is 9.96. The molecule has 0 bridgehead atoms. The number of nitrogens with one attached hydrogen (secondary N) is 1. The van der Waals surface area contributed by atoms with E-state index in [4.69, 9.17) is 0 Å². The molecule has 2 heterocycles. The lowest BCUT2D eigenvalue weighted by Crippen LogP contribution is -2.07. The van der Waals surface area contributed by atoms with Gasteiger partial charge in [0.2, 0.25) is 0 Å². The van der Waals surface area contributed by atoms with Gasteiger partial charge in [0.05, 0.1) is 22.6 Å². The maximum atomic E-state index is 4.48. The van der Waals surface area contributed by atoms with Crippen molar-refractivity contribution in [3.8, 4) is 11.3 Å². The quantitative estimate of drug-likeness (QED) is 0.804. The van der Waals surface area contributed by atoms with Crippen LogP contribution in [0.15, 0.2) is 23.7 Å². The number of benzene rings is 1. The molecule has 3 rings (SSSR count). The molecule has 82 valence electrons. The summed E-state index contributed by atoms with van der Waals surface area (Å²) in [5, 5.41) is 3.44. The normalized spacial score (nSPS) is 13.2. The third-order valence-corrected chi connectivity index (χ3v) is 3.88. The second-order valence-electron chi connectivity index (χ2n) is 4.44. The predicted molar refractivity (Wildman–Crippen MR) is 69.0 cm³/mol. The Labute approximate surface area is 99.4 Å². The first kappa shape index (κ1) is 9.85. The highest BCUT2D eigenvalue weighted by atomic mass is 32.1. The SMILES string of the molecule is CC(C)c1ccc2c(c1)-c1ncsc1CN2. The lowest BCUT2D eigenvalue weighted by molar-refractivity contribution is 0.866. The van der Waals surface area contributed by atoms with Gasteiger partial charge in [-0.05, 0) is 23.6 Å². The molecule has 16 heavy (non-hydrogen) atoms. The minimum atomic E-state index is 0.564. The molecule has 0 aliphatic carbocycles. The van der Waals surface area contributed by atoms with E-state index in [1.165, 1.54) is 27.4 Å². The van der Waals surface area contributed by atoms with Crippen LogP contribution in [0.1, 0.15) is 30.2 Å². The second-order valence-corrected chi connectivity index (χ2v) is 5.38. The van der Waals surface area contributed by atoms with Crippen molar-refractivity contribution < 1.29 is 0 Å². The zero-order valence-electron chi connectivity index (χ0n) is 9.45. The Morgan fingerprint density at radius 3 is 3.06 bits per heavy atom. The third kappa shape index (κ3) is 1.43. The van der Waals surface area contributed by atoms with Crippen LogP contribution in [0.4, 0.5) is 5.69 Å². The smallest absolute Gasteiger partial charge is 0.0882 e. The fourth-order valence-corrected chi connectivity index (χ4v) is 2.78. The van der Waals surface area contributed by atoms with E-state index < -0.39 is 0 Å². The van der Waals surface area contributed by atoms with Gasteiger partial charge in [0, 0.05) is 11.3 Å². The van der Waals surface area contributed by atoms with Crippen molar-refractivity contribution in [3.05, 3.63) is 34.2 Å². The van der Waals surface area contributed by atoms with E-state index in [1.807, 2.05) is 5.51 Å². The molecular weight excluding hydrogens is 216 g/mol. The number of thiazole rings is 1. The molecule has 0 radical (unpaired) electrons. The number of fused-ring (bicyclic) bond motifs is 3. The second kappa shape index (κ2) is 3.59. The number of aromatic nitrogens is 1. The van der Waals surface area contributed by atoms with Gasteiger partial charge in [0.1, 0.15) is 0 Å². The molecule has 0 fully saturated rings. The standard InChI is InChI=1S/C13H14N2S/c1-8(2)9-3-4-11-10(5-9)13-12(6-14-11)16-7-15-13/h3-5,7-8,14H,6H2,1-2H3. The Hall–Kier alpha value is -1.35. The molecule has 1 aromatic carbocycles. The number of hydrogen-bond donors (Lipinski definition) is 1. The summed E-state index contributed by atoms with van der Waals surface area (Å²) >= 11 is 1.73. The molecule has 3 heteroatoms. The highest BCUT2D eigenvalue weighted by Gasteiger charge is 2.18. The van der Waals surface area contributed by atoms with Gasteiger partial charge in [-0.15, -0.1) is 11.3 Å². The fourth-order valence-electron chi connectivity index (χ4n) is 2.06. The molecular formula is C13H14N2S. The van der Waals surface area contributed by atoms with Crippen molar-refractivity contribution in [3.63, 3.8) is 0 Å². The van der Waals surface area contributed by atoms with E-state index in [1.54, 1.807) is 11.3 Å². The largest absolute Gasteiger partial charge is 0.380 e. The molecule has 2 aromatic rings. The minimum absolute atomic E-state index is 0.564. The Bertz CT molecular complexity index is 528. The molecule has 0 saturated heterocycles. The molecule has 1 aliphatic rings. The summed E-state index contributed by atoms with van der Waals surface area (Å²) in [5.74, 6) is 0.564. The molecule has 0 amide bonds.